The molecule has 160 valence electrons. The molecular weight excluding hydrogens is 374 g/mol. The number of rotatable bonds is 2. The third kappa shape index (κ3) is 3.83. The van der Waals surface area contributed by atoms with E-state index in [1.54, 1.807) is 29.6 Å². The predicted octanol–water partition coefficient (Wildman–Crippen LogP) is 1.60. The van der Waals surface area contributed by atoms with Gasteiger partial charge in [0.1, 0.15) is 29.2 Å². The van der Waals surface area contributed by atoms with Crippen molar-refractivity contribution in [3.8, 4) is 0 Å². The van der Waals surface area contributed by atoms with E-state index in [9.17, 15) is 14.7 Å². The SMILES string of the molecule is C[C@@H]1CN(c2cc(=O)n(C)c3c2nc(CO)n3C)[C@@H](C)CN1C(=O)OC(C)(C)C. The monoisotopic (exact) mass is 405 g/mol. The quantitative estimate of drug-likeness (QED) is 0.816. The molecule has 3 rings (SSSR count). The molecule has 0 bridgehead atoms. The number of hydrogen-bond acceptors (Lipinski definition) is 6. The molecule has 1 amide bonds. The lowest BCUT2D eigenvalue weighted by atomic mass is 10.1. The average molecular weight is 405 g/mol. The fraction of sp³-hybridized carbons (Fsp3) is 0.650. The lowest BCUT2D eigenvalue weighted by Gasteiger charge is -2.45. The van der Waals surface area contributed by atoms with Crippen molar-refractivity contribution in [3.63, 3.8) is 0 Å². The molecule has 1 aliphatic heterocycles. The Hall–Kier alpha value is -2.55. The van der Waals surface area contributed by atoms with Gasteiger partial charge in [0.25, 0.3) is 5.56 Å². The molecule has 2 atom stereocenters. The van der Waals surface area contributed by atoms with E-state index >= 15 is 0 Å². The molecule has 1 fully saturated rings. The van der Waals surface area contributed by atoms with Gasteiger partial charge in [0.15, 0.2) is 0 Å². The summed E-state index contributed by atoms with van der Waals surface area (Å²) in [6, 6.07) is 1.46. The third-order valence-electron chi connectivity index (χ3n) is 5.37. The maximum absolute atomic E-state index is 12.6. The smallest absolute Gasteiger partial charge is 0.410 e. The van der Waals surface area contributed by atoms with E-state index in [2.05, 4.69) is 9.88 Å². The Bertz CT molecular complexity index is 987. The largest absolute Gasteiger partial charge is 0.444 e. The Balaban J connectivity index is 1.99. The number of nitrogens with zero attached hydrogens (tertiary/aromatic N) is 5. The van der Waals surface area contributed by atoms with Crippen LogP contribution in [0.2, 0.25) is 0 Å². The number of pyridine rings is 1. The van der Waals surface area contributed by atoms with Crippen molar-refractivity contribution < 1.29 is 14.6 Å². The number of aliphatic hydroxyl groups is 1. The van der Waals surface area contributed by atoms with Gasteiger partial charge >= 0.3 is 6.09 Å². The van der Waals surface area contributed by atoms with Gasteiger partial charge in [0.2, 0.25) is 0 Å². The number of aliphatic hydroxyl groups excluding tert-OH is 1. The second-order valence-electron chi connectivity index (χ2n) is 8.83. The zero-order valence-electron chi connectivity index (χ0n) is 18.3. The van der Waals surface area contributed by atoms with Crippen molar-refractivity contribution in [2.45, 2.75) is 58.9 Å². The molecule has 0 aliphatic carbocycles. The van der Waals surface area contributed by atoms with Crippen molar-refractivity contribution in [2.75, 3.05) is 18.0 Å². The van der Waals surface area contributed by atoms with Gasteiger partial charge in [-0.2, -0.15) is 0 Å². The molecule has 9 heteroatoms. The van der Waals surface area contributed by atoms with Gasteiger partial charge in [-0.1, -0.05) is 0 Å². The van der Waals surface area contributed by atoms with Crippen molar-refractivity contribution >= 4 is 22.9 Å². The van der Waals surface area contributed by atoms with Crippen LogP contribution in [0, 0.1) is 0 Å². The summed E-state index contributed by atoms with van der Waals surface area (Å²) in [6.07, 6.45) is -0.328. The minimum Gasteiger partial charge on any atom is -0.444 e. The van der Waals surface area contributed by atoms with Gasteiger partial charge in [-0.15, -0.1) is 0 Å². The van der Waals surface area contributed by atoms with E-state index in [1.807, 2.05) is 34.6 Å². The van der Waals surface area contributed by atoms with Gasteiger partial charge in [-0.3, -0.25) is 9.36 Å². The van der Waals surface area contributed by atoms with Crippen LogP contribution in [0.1, 0.15) is 40.4 Å². The van der Waals surface area contributed by atoms with E-state index in [0.29, 0.717) is 30.1 Å². The summed E-state index contributed by atoms with van der Waals surface area (Å²) >= 11 is 0. The summed E-state index contributed by atoms with van der Waals surface area (Å²) in [5, 5.41) is 9.62. The second kappa shape index (κ2) is 7.37. The van der Waals surface area contributed by atoms with Crippen LogP contribution in [0.25, 0.3) is 11.2 Å². The van der Waals surface area contributed by atoms with Gasteiger partial charge < -0.3 is 24.2 Å². The Morgan fingerprint density at radius 1 is 1.21 bits per heavy atom. The molecule has 1 saturated heterocycles. The first-order chi connectivity index (χ1) is 13.4. The molecule has 2 aromatic rings. The highest BCUT2D eigenvalue weighted by molar-refractivity contribution is 5.87. The van der Waals surface area contributed by atoms with Crippen molar-refractivity contribution in [3.05, 3.63) is 22.2 Å². The van der Waals surface area contributed by atoms with Crippen LogP contribution in [-0.2, 0) is 25.4 Å². The van der Waals surface area contributed by atoms with E-state index in [4.69, 9.17) is 4.74 Å². The van der Waals surface area contributed by atoms with Crippen LogP contribution >= 0.6 is 0 Å². The first kappa shape index (κ1) is 21.2. The predicted molar refractivity (Wildman–Crippen MR) is 111 cm³/mol. The number of anilines is 1. The summed E-state index contributed by atoms with van der Waals surface area (Å²) in [7, 11) is 3.49. The molecule has 29 heavy (non-hydrogen) atoms. The van der Waals surface area contributed by atoms with Crippen LogP contribution < -0.4 is 10.5 Å². The number of fused-ring (bicyclic) bond motifs is 1. The molecule has 0 aromatic carbocycles. The Labute approximate surface area is 170 Å². The van der Waals surface area contributed by atoms with Crippen molar-refractivity contribution in [1.82, 2.24) is 19.0 Å². The Kier molecular flexibility index (Phi) is 5.38. The second-order valence-corrected chi connectivity index (χ2v) is 8.83. The van der Waals surface area contributed by atoms with Crippen LogP contribution in [0.4, 0.5) is 10.5 Å². The number of imidazole rings is 1. The zero-order valence-corrected chi connectivity index (χ0v) is 18.3. The highest BCUT2D eigenvalue weighted by Gasteiger charge is 2.36. The topological polar surface area (TPSA) is 92.8 Å². The highest BCUT2D eigenvalue weighted by atomic mass is 16.6. The number of piperazine rings is 1. The number of hydrogen-bond donors (Lipinski definition) is 1. The Morgan fingerprint density at radius 3 is 2.45 bits per heavy atom. The lowest BCUT2D eigenvalue weighted by molar-refractivity contribution is 0.0130. The van der Waals surface area contributed by atoms with Gasteiger partial charge in [-0.05, 0) is 34.6 Å². The molecule has 0 radical (unpaired) electrons. The van der Waals surface area contributed by atoms with Gasteiger partial charge in [0, 0.05) is 45.3 Å². The number of amides is 1. The van der Waals surface area contributed by atoms with Crippen LogP contribution in [0.5, 0.6) is 0 Å². The molecule has 3 heterocycles. The summed E-state index contributed by atoms with van der Waals surface area (Å²) in [5.41, 5.74) is 1.36. The minimum absolute atomic E-state index is 0.0337. The summed E-state index contributed by atoms with van der Waals surface area (Å²) in [4.78, 5) is 33.6. The number of carbonyl (C=O) groups excluding carboxylic acids is 1. The molecule has 0 spiro atoms. The maximum atomic E-state index is 12.6. The molecule has 1 aliphatic rings. The number of carbonyl (C=O) groups is 1. The summed E-state index contributed by atoms with van der Waals surface area (Å²) in [6.45, 7) is 10.4. The van der Waals surface area contributed by atoms with Crippen molar-refractivity contribution in [2.24, 2.45) is 14.1 Å². The Morgan fingerprint density at radius 2 is 1.86 bits per heavy atom. The van der Waals surface area contributed by atoms with Crippen molar-refractivity contribution in [1.29, 1.82) is 0 Å². The van der Waals surface area contributed by atoms with Crippen LogP contribution in [0.3, 0.4) is 0 Å². The summed E-state index contributed by atoms with van der Waals surface area (Å²) in [5.74, 6) is 0.496. The fourth-order valence-corrected chi connectivity index (χ4v) is 3.87. The molecule has 1 N–H and O–H groups in total. The molecular formula is C20H31N5O4. The van der Waals surface area contributed by atoms with E-state index in [-0.39, 0.29) is 30.3 Å². The summed E-state index contributed by atoms with van der Waals surface area (Å²) < 4.78 is 8.83. The number of ether oxygens (including phenoxy) is 1. The highest BCUT2D eigenvalue weighted by Crippen LogP contribution is 2.30. The van der Waals surface area contributed by atoms with Crippen LogP contribution in [-0.4, -0.2) is 61.0 Å². The standard InChI is InChI=1S/C20H31N5O4/c1-12-10-25(19(28)29-20(3,4)5)13(2)9-24(12)14-8-16(27)23(7)18-17(14)21-15(11-26)22(18)6/h8,12-13,26H,9-11H2,1-7H3/t12-,13+/m0/s1. The maximum Gasteiger partial charge on any atom is 0.410 e. The molecule has 2 aromatic heterocycles. The number of aryl methyl sites for hydroxylation is 2. The minimum atomic E-state index is -0.552. The first-order valence-electron chi connectivity index (χ1n) is 9.87. The molecule has 0 saturated carbocycles. The van der Waals surface area contributed by atoms with E-state index in [1.165, 1.54) is 4.57 Å². The number of aromatic nitrogens is 3. The van der Waals surface area contributed by atoms with E-state index < -0.39 is 5.60 Å². The third-order valence-corrected chi connectivity index (χ3v) is 5.37. The van der Waals surface area contributed by atoms with Gasteiger partial charge in [0.05, 0.1) is 5.69 Å². The van der Waals surface area contributed by atoms with Crippen LogP contribution in [0.15, 0.2) is 10.9 Å². The fourth-order valence-electron chi connectivity index (χ4n) is 3.87. The first-order valence-corrected chi connectivity index (χ1v) is 9.87. The van der Waals surface area contributed by atoms with E-state index in [0.717, 1.165) is 5.69 Å². The lowest BCUT2D eigenvalue weighted by Crippen LogP contribution is -2.59. The molecule has 0 unspecified atom stereocenters. The molecule has 9 nitrogen and oxygen atoms in total. The normalized spacial score (nSPS) is 20.4. The van der Waals surface area contributed by atoms with Gasteiger partial charge in [-0.25, -0.2) is 9.78 Å². The average Bonchev–Trinajstić information content (AvgIpc) is 2.95. The zero-order chi connectivity index (χ0) is 21.7.